The van der Waals surface area contributed by atoms with Gasteiger partial charge in [0.25, 0.3) is 0 Å². The van der Waals surface area contributed by atoms with Gasteiger partial charge in [-0.25, -0.2) is 4.98 Å². The summed E-state index contributed by atoms with van der Waals surface area (Å²) in [5.41, 5.74) is 0. The van der Waals surface area contributed by atoms with Gasteiger partial charge in [0.05, 0.1) is 6.20 Å². The second-order valence-electron chi connectivity index (χ2n) is 5.64. The van der Waals surface area contributed by atoms with E-state index in [9.17, 15) is 13.2 Å². The zero-order chi connectivity index (χ0) is 14.8. The lowest BCUT2D eigenvalue weighted by atomic mass is 10.0. The van der Waals surface area contributed by atoms with Crippen LogP contribution in [-0.2, 0) is 6.18 Å². The average molecular weight is 307 g/mol. The van der Waals surface area contributed by atoms with E-state index in [2.05, 4.69) is 29.0 Å². The molecule has 0 spiro atoms. The van der Waals surface area contributed by atoms with Gasteiger partial charge in [0.2, 0.25) is 0 Å². The molecule has 1 N–H and O–H groups in total. The molecule has 2 heterocycles. The third kappa shape index (κ3) is 4.34. The Morgan fingerprint density at radius 3 is 2.55 bits per heavy atom. The predicted molar refractivity (Wildman–Crippen MR) is 75.0 cm³/mol. The number of thiazole rings is 1. The van der Waals surface area contributed by atoms with Crippen LogP contribution in [0.4, 0.5) is 18.3 Å². The first-order chi connectivity index (χ1) is 9.34. The lowest BCUT2D eigenvalue weighted by Crippen LogP contribution is -2.40. The summed E-state index contributed by atoms with van der Waals surface area (Å²) in [5.74, 6) is 0.646. The molecular weight excluding hydrogens is 287 g/mol. The maximum absolute atomic E-state index is 12.5. The van der Waals surface area contributed by atoms with Crippen LogP contribution in [0.15, 0.2) is 6.20 Å². The van der Waals surface area contributed by atoms with E-state index in [1.165, 1.54) is 0 Å². The normalized spacial score (nSPS) is 18.7. The highest BCUT2D eigenvalue weighted by molar-refractivity contribution is 7.15. The van der Waals surface area contributed by atoms with Crippen LogP contribution in [-0.4, -0.2) is 35.6 Å². The van der Waals surface area contributed by atoms with Gasteiger partial charge in [-0.05, 0) is 18.8 Å². The van der Waals surface area contributed by atoms with Gasteiger partial charge in [0, 0.05) is 25.7 Å². The summed E-state index contributed by atoms with van der Waals surface area (Å²) in [6.07, 6.45) is -1.49. The fourth-order valence-corrected chi connectivity index (χ4v) is 3.18. The van der Waals surface area contributed by atoms with E-state index >= 15 is 0 Å². The smallest absolute Gasteiger partial charge is 0.359 e. The number of nitrogens with zero attached hydrogens (tertiary/aromatic N) is 2. The number of piperidine rings is 1. The molecule has 0 unspecified atom stereocenters. The Kier molecular flexibility index (Phi) is 4.90. The van der Waals surface area contributed by atoms with E-state index in [1.54, 1.807) is 0 Å². The Balaban J connectivity index is 1.82. The first-order valence-electron chi connectivity index (χ1n) is 6.86. The number of anilines is 1. The van der Waals surface area contributed by atoms with Crippen LogP contribution >= 0.6 is 11.3 Å². The molecule has 0 radical (unpaired) electrons. The Morgan fingerprint density at radius 1 is 1.40 bits per heavy atom. The minimum atomic E-state index is -4.29. The highest BCUT2D eigenvalue weighted by Gasteiger charge is 2.33. The molecule has 7 heteroatoms. The lowest BCUT2D eigenvalue weighted by molar-refractivity contribution is -0.134. The second kappa shape index (κ2) is 6.30. The fourth-order valence-electron chi connectivity index (χ4n) is 2.42. The van der Waals surface area contributed by atoms with Gasteiger partial charge in [-0.1, -0.05) is 25.2 Å². The average Bonchev–Trinajstić information content (AvgIpc) is 2.79. The Morgan fingerprint density at radius 2 is 2.05 bits per heavy atom. The standard InChI is InChI=1S/C13H20F3N3S/c1-9(2)8-19-5-3-10(4-6-19)18-12-17-7-11(20-12)13(14,15)16/h7,9-10H,3-6,8H2,1-2H3,(H,17,18). The molecule has 20 heavy (non-hydrogen) atoms. The maximum Gasteiger partial charge on any atom is 0.427 e. The quantitative estimate of drug-likeness (QED) is 0.919. The van der Waals surface area contributed by atoms with Crippen molar-refractivity contribution in [3.63, 3.8) is 0 Å². The van der Waals surface area contributed by atoms with Crippen molar-refractivity contribution in [1.82, 2.24) is 9.88 Å². The molecule has 2 rings (SSSR count). The van der Waals surface area contributed by atoms with Crippen molar-refractivity contribution in [2.24, 2.45) is 5.92 Å². The monoisotopic (exact) mass is 307 g/mol. The van der Waals surface area contributed by atoms with Crippen LogP contribution in [0.3, 0.4) is 0 Å². The Labute approximate surface area is 121 Å². The number of nitrogens with one attached hydrogen (secondary N) is 1. The molecule has 3 nitrogen and oxygen atoms in total. The van der Waals surface area contributed by atoms with E-state index < -0.39 is 11.1 Å². The molecule has 0 saturated carbocycles. The molecule has 1 aromatic rings. The first-order valence-corrected chi connectivity index (χ1v) is 7.68. The molecule has 1 saturated heterocycles. The molecule has 0 aliphatic carbocycles. The minimum Gasteiger partial charge on any atom is -0.359 e. The number of halogens is 3. The zero-order valence-electron chi connectivity index (χ0n) is 11.7. The summed E-state index contributed by atoms with van der Waals surface area (Å²) >= 11 is 0.684. The van der Waals surface area contributed by atoms with E-state index in [1.807, 2.05) is 0 Å². The van der Waals surface area contributed by atoms with Crippen LogP contribution < -0.4 is 5.32 Å². The van der Waals surface area contributed by atoms with Gasteiger partial charge in [-0.3, -0.25) is 0 Å². The van der Waals surface area contributed by atoms with Crippen molar-refractivity contribution >= 4 is 16.5 Å². The summed E-state index contributed by atoms with van der Waals surface area (Å²) < 4.78 is 37.5. The Bertz CT molecular complexity index is 423. The van der Waals surface area contributed by atoms with Gasteiger partial charge < -0.3 is 10.2 Å². The minimum absolute atomic E-state index is 0.227. The van der Waals surface area contributed by atoms with E-state index in [0.717, 1.165) is 38.7 Å². The third-order valence-electron chi connectivity index (χ3n) is 3.32. The molecule has 1 aliphatic heterocycles. The lowest BCUT2D eigenvalue weighted by Gasteiger charge is -2.33. The Hall–Kier alpha value is -0.820. The molecule has 0 aromatic carbocycles. The highest BCUT2D eigenvalue weighted by Crippen LogP contribution is 2.35. The van der Waals surface area contributed by atoms with Crippen molar-refractivity contribution in [3.05, 3.63) is 11.1 Å². The number of hydrogen-bond donors (Lipinski definition) is 1. The van der Waals surface area contributed by atoms with Crippen LogP contribution in [0.2, 0.25) is 0 Å². The van der Waals surface area contributed by atoms with Crippen LogP contribution in [0, 0.1) is 5.92 Å². The molecule has 0 atom stereocenters. The van der Waals surface area contributed by atoms with Crippen LogP contribution in [0.5, 0.6) is 0 Å². The van der Waals surface area contributed by atoms with Crippen molar-refractivity contribution < 1.29 is 13.2 Å². The van der Waals surface area contributed by atoms with Crippen LogP contribution in [0.1, 0.15) is 31.6 Å². The number of alkyl halides is 3. The summed E-state index contributed by atoms with van der Waals surface area (Å²) in [6, 6.07) is 0.227. The van der Waals surface area contributed by atoms with E-state index in [-0.39, 0.29) is 6.04 Å². The maximum atomic E-state index is 12.5. The molecule has 0 bridgehead atoms. The molecular formula is C13H20F3N3S. The third-order valence-corrected chi connectivity index (χ3v) is 4.30. The molecule has 114 valence electrons. The SMILES string of the molecule is CC(C)CN1CCC(Nc2ncc(C(F)(F)F)s2)CC1. The molecule has 0 amide bonds. The predicted octanol–water partition coefficient (Wildman–Crippen LogP) is 3.69. The van der Waals surface area contributed by atoms with Crippen molar-refractivity contribution in [2.45, 2.75) is 38.9 Å². The van der Waals surface area contributed by atoms with Gasteiger partial charge in [0.15, 0.2) is 5.13 Å². The largest absolute Gasteiger partial charge is 0.427 e. The van der Waals surface area contributed by atoms with Crippen LogP contribution in [0.25, 0.3) is 0 Å². The molecule has 1 aromatic heterocycles. The summed E-state index contributed by atoms with van der Waals surface area (Å²) in [6.45, 7) is 7.46. The summed E-state index contributed by atoms with van der Waals surface area (Å²) in [7, 11) is 0. The number of hydrogen-bond acceptors (Lipinski definition) is 4. The van der Waals surface area contributed by atoms with Crippen molar-refractivity contribution in [1.29, 1.82) is 0 Å². The fraction of sp³-hybridized carbons (Fsp3) is 0.769. The van der Waals surface area contributed by atoms with Crippen molar-refractivity contribution in [3.8, 4) is 0 Å². The first kappa shape index (κ1) is 15.6. The van der Waals surface area contributed by atoms with E-state index in [4.69, 9.17) is 0 Å². The van der Waals surface area contributed by atoms with E-state index in [0.29, 0.717) is 22.4 Å². The summed E-state index contributed by atoms with van der Waals surface area (Å²) in [4.78, 5) is 5.59. The molecule has 1 fully saturated rings. The van der Waals surface area contributed by atoms with Gasteiger partial charge in [-0.2, -0.15) is 13.2 Å². The molecule has 1 aliphatic rings. The van der Waals surface area contributed by atoms with Crippen molar-refractivity contribution in [2.75, 3.05) is 25.0 Å². The van der Waals surface area contributed by atoms with Gasteiger partial charge >= 0.3 is 6.18 Å². The highest BCUT2D eigenvalue weighted by atomic mass is 32.1. The number of rotatable bonds is 4. The van der Waals surface area contributed by atoms with Gasteiger partial charge in [0.1, 0.15) is 4.88 Å². The number of likely N-dealkylation sites (tertiary alicyclic amines) is 1. The number of aromatic nitrogens is 1. The second-order valence-corrected chi connectivity index (χ2v) is 6.67. The van der Waals surface area contributed by atoms with Gasteiger partial charge in [-0.15, -0.1) is 0 Å². The zero-order valence-corrected chi connectivity index (χ0v) is 12.5. The summed E-state index contributed by atoms with van der Waals surface area (Å²) in [5, 5.41) is 3.50. The topological polar surface area (TPSA) is 28.2 Å².